The summed E-state index contributed by atoms with van der Waals surface area (Å²) in [6.07, 6.45) is 2.88. The molecule has 0 aromatic rings. The molecule has 16 heavy (non-hydrogen) atoms. The molecule has 1 aliphatic rings. The van der Waals surface area contributed by atoms with E-state index < -0.39 is 0 Å². The van der Waals surface area contributed by atoms with Crippen LogP contribution >= 0.6 is 0 Å². The summed E-state index contributed by atoms with van der Waals surface area (Å²) >= 11 is 0. The number of nitrogens with one attached hydrogen (secondary N) is 1. The lowest BCUT2D eigenvalue weighted by Crippen LogP contribution is -2.44. The molecule has 0 aliphatic carbocycles. The molecular weight excluding hydrogens is 204 g/mol. The third-order valence-electron chi connectivity index (χ3n) is 3.19. The molecule has 96 valence electrons. The minimum atomic E-state index is 0.409. The van der Waals surface area contributed by atoms with Crippen molar-refractivity contribution in [1.82, 2.24) is 10.2 Å². The second-order valence-electron chi connectivity index (χ2n) is 4.43. The van der Waals surface area contributed by atoms with E-state index in [-0.39, 0.29) is 0 Å². The van der Waals surface area contributed by atoms with Crippen molar-refractivity contribution in [2.75, 3.05) is 47.0 Å². The largest absolute Gasteiger partial charge is 0.383 e. The van der Waals surface area contributed by atoms with Gasteiger partial charge in [0, 0.05) is 32.8 Å². The highest BCUT2D eigenvalue weighted by atomic mass is 16.5. The van der Waals surface area contributed by atoms with Gasteiger partial charge in [0.2, 0.25) is 0 Å². The van der Waals surface area contributed by atoms with Crippen LogP contribution < -0.4 is 5.32 Å². The van der Waals surface area contributed by atoms with Crippen LogP contribution in [0.1, 0.15) is 19.8 Å². The number of methoxy groups -OCH3 is 1. The zero-order chi connectivity index (χ0) is 11.8. The van der Waals surface area contributed by atoms with Gasteiger partial charge in [0.1, 0.15) is 0 Å². The number of nitrogens with zero attached hydrogens (tertiary/aromatic N) is 1. The zero-order valence-electron chi connectivity index (χ0n) is 10.9. The average Bonchev–Trinajstić information content (AvgIpc) is 2.80. The van der Waals surface area contributed by atoms with Crippen LogP contribution in [0, 0.1) is 0 Å². The Morgan fingerprint density at radius 1 is 1.56 bits per heavy atom. The van der Waals surface area contributed by atoms with Gasteiger partial charge in [-0.2, -0.15) is 0 Å². The van der Waals surface area contributed by atoms with Crippen molar-refractivity contribution in [3.8, 4) is 0 Å². The smallest absolute Gasteiger partial charge is 0.0702 e. The lowest BCUT2D eigenvalue weighted by atomic mass is 10.2. The second-order valence-corrected chi connectivity index (χ2v) is 4.43. The minimum Gasteiger partial charge on any atom is -0.383 e. The number of likely N-dealkylation sites (N-methyl/N-ethyl adjacent to an activating group) is 2. The fourth-order valence-electron chi connectivity index (χ4n) is 2.15. The van der Waals surface area contributed by atoms with Crippen LogP contribution in [0.5, 0.6) is 0 Å². The van der Waals surface area contributed by atoms with Crippen LogP contribution in [-0.2, 0) is 9.47 Å². The molecule has 0 spiro atoms. The van der Waals surface area contributed by atoms with Crippen molar-refractivity contribution in [1.29, 1.82) is 0 Å². The average molecular weight is 230 g/mol. The summed E-state index contributed by atoms with van der Waals surface area (Å²) in [4.78, 5) is 2.44. The zero-order valence-corrected chi connectivity index (χ0v) is 10.9. The maximum Gasteiger partial charge on any atom is 0.0702 e. The van der Waals surface area contributed by atoms with Crippen molar-refractivity contribution in [3.63, 3.8) is 0 Å². The van der Waals surface area contributed by atoms with Gasteiger partial charge in [0.15, 0.2) is 0 Å². The van der Waals surface area contributed by atoms with E-state index in [0.29, 0.717) is 12.1 Å². The van der Waals surface area contributed by atoms with Crippen molar-refractivity contribution in [2.45, 2.75) is 31.9 Å². The third-order valence-corrected chi connectivity index (χ3v) is 3.19. The monoisotopic (exact) mass is 230 g/mol. The van der Waals surface area contributed by atoms with E-state index in [1.54, 1.807) is 7.11 Å². The standard InChI is InChI=1S/C12H26N2O2/c1-4-14(8-11(13-2)10-15-3)9-12-6-5-7-16-12/h11-13H,4-10H2,1-3H3. The predicted octanol–water partition coefficient (Wildman–Crippen LogP) is 0.722. The number of hydrogen-bond acceptors (Lipinski definition) is 4. The van der Waals surface area contributed by atoms with Crippen molar-refractivity contribution in [3.05, 3.63) is 0 Å². The van der Waals surface area contributed by atoms with Gasteiger partial charge in [-0.1, -0.05) is 6.92 Å². The molecule has 1 fully saturated rings. The third kappa shape index (κ3) is 4.78. The molecule has 0 aromatic heterocycles. The summed E-state index contributed by atoms with van der Waals surface area (Å²) in [5.74, 6) is 0. The maximum atomic E-state index is 5.67. The number of ether oxygens (including phenoxy) is 2. The summed E-state index contributed by atoms with van der Waals surface area (Å²) in [5.41, 5.74) is 0. The lowest BCUT2D eigenvalue weighted by Gasteiger charge is -2.27. The van der Waals surface area contributed by atoms with E-state index in [9.17, 15) is 0 Å². The van der Waals surface area contributed by atoms with Crippen LogP contribution in [0.2, 0.25) is 0 Å². The van der Waals surface area contributed by atoms with Crippen molar-refractivity contribution < 1.29 is 9.47 Å². The Kier molecular flexibility index (Phi) is 6.96. The summed E-state index contributed by atoms with van der Waals surface area (Å²) in [6.45, 7) is 7.06. The first-order chi connectivity index (χ1) is 7.80. The normalized spacial score (nSPS) is 22.9. The van der Waals surface area contributed by atoms with Gasteiger partial charge in [0.05, 0.1) is 12.7 Å². The van der Waals surface area contributed by atoms with Gasteiger partial charge in [-0.05, 0) is 26.4 Å². The Bertz CT molecular complexity index is 172. The first kappa shape index (κ1) is 13.9. The molecule has 1 saturated heterocycles. The first-order valence-corrected chi connectivity index (χ1v) is 6.30. The highest BCUT2D eigenvalue weighted by Gasteiger charge is 2.20. The Morgan fingerprint density at radius 3 is 2.88 bits per heavy atom. The molecule has 2 unspecified atom stereocenters. The fraction of sp³-hybridized carbons (Fsp3) is 1.00. The molecule has 1 rings (SSSR count). The predicted molar refractivity (Wildman–Crippen MR) is 65.8 cm³/mol. The van der Waals surface area contributed by atoms with Gasteiger partial charge in [-0.3, -0.25) is 4.90 Å². The molecule has 1 aliphatic heterocycles. The molecule has 0 amide bonds. The summed E-state index contributed by atoms with van der Waals surface area (Å²) in [7, 11) is 3.74. The second kappa shape index (κ2) is 8.01. The van der Waals surface area contributed by atoms with Gasteiger partial charge in [-0.25, -0.2) is 0 Å². The molecule has 0 radical (unpaired) electrons. The number of hydrogen-bond donors (Lipinski definition) is 1. The molecule has 4 heteroatoms. The highest BCUT2D eigenvalue weighted by Crippen LogP contribution is 2.13. The molecule has 0 aromatic carbocycles. The first-order valence-electron chi connectivity index (χ1n) is 6.30. The fourth-order valence-corrected chi connectivity index (χ4v) is 2.15. The van der Waals surface area contributed by atoms with E-state index >= 15 is 0 Å². The van der Waals surface area contributed by atoms with Crippen LogP contribution in [0.4, 0.5) is 0 Å². The maximum absolute atomic E-state index is 5.67. The van der Waals surface area contributed by atoms with E-state index in [2.05, 4.69) is 17.1 Å². The van der Waals surface area contributed by atoms with Crippen LogP contribution in [0.25, 0.3) is 0 Å². The lowest BCUT2D eigenvalue weighted by molar-refractivity contribution is 0.0656. The van der Waals surface area contributed by atoms with E-state index in [1.807, 2.05) is 7.05 Å². The van der Waals surface area contributed by atoms with Crippen LogP contribution in [-0.4, -0.2) is 64.1 Å². The molecule has 2 atom stereocenters. The van der Waals surface area contributed by atoms with Crippen LogP contribution in [0.3, 0.4) is 0 Å². The van der Waals surface area contributed by atoms with E-state index in [1.165, 1.54) is 12.8 Å². The Morgan fingerprint density at radius 2 is 2.38 bits per heavy atom. The molecule has 1 N–H and O–H groups in total. The molecule has 4 nitrogen and oxygen atoms in total. The Hall–Kier alpha value is -0.160. The topological polar surface area (TPSA) is 33.7 Å². The summed E-state index contributed by atoms with van der Waals surface area (Å²) in [6, 6.07) is 0.409. The van der Waals surface area contributed by atoms with Crippen molar-refractivity contribution >= 4 is 0 Å². The summed E-state index contributed by atoms with van der Waals surface area (Å²) in [5, 5.41) is 3.29. The SMILES string of the molecule is CCN(CC(COC)NC)CC1CCCO1. The van der Waals surface area contributed by atoms with Gasteiger partial charge < -0.3 is 14.8 Å². The molecule has 0 bridgehead atoms. The van der Waals surface area contributed by atoms with Crippen LogP contribution in [0.15, 0.2) is 0 Å². The van der Waals surface area contributed by atoms with Gasteiger partial charge in [0.25, 0.3) is 0 Å². The van der Waals surface area contributed by atoms with Gasteiger partial charge >= 0.3 is 0 Å². The highest BCUT2D eigenvalue weighted by molar-refractivity contribution is 4.74. The Balaban J connectivity index is 2.28. The molecular formula is C12H26N2O2. The van der Waals surface area contributed by atoms with E-state index in [0.717, 1.165) is 32.8 Å². The minimum absolute atomic E-state index is 0.409. The van der Waals surface area contributed by atoms with Gasteiger partial charge in [-0.15, -0.1) is 0 Å². The van der Waals surface area contributed by atoms with Crippen molar-refractivity contribution in [2.24, 2.45) is 0 Å². The summed E-state index contributed by atoms with van der Waals surface area (Å²) < 4.78 is 10.9. The molecule has 0 saturated carbocycles. The molecule has 1 heterocycles. The van der Waals surface area contributed by atoms with E-state index in [4.69, 9.17) is 9.47 Å². The Labute approximate surface area is 99.3 Å². The quantitative estimate of drug-likeness (QED) is 0.666. The number of rotatable bonds is 8.